The zero-order valence-corrected chi connectivity index (χ0v) is 9.15. The van der Waals surface area contributed by atoms with Crippen molar-refractivity contribution in [2.75, 3.05) is 6.61 Å². The minimum absolute atomic E-state index is 0.0189. The summed E-state index contributed by atoms with van der Waals surface area (Å²) in [4.78, 5) is 4.21. The number of nitrogens with two attached hydrogens (primary N) is 1. The summed E-state index contributed by atoms with van der Waals surface area (Å²) in [6, 6.07) is 3.85. The maximum absolute atomic E-state index is 5.84. The van der Waals surface area contributed by atoms with Gasteiger partial charge in [-0.3, -0.25) is 0 Å². The third-order valence-electron chi connectivity index (χ3n) is 2.75. The van der Waals surface area contributed by atoms with E-state index in [4.69, 9.17) is 10.5 Å². The Labute approximate surface area is 90.7 Å². The number of hydrogen-bond acceptors (Lipinski definition) is 3. The van der Waals surface area contributed by atoms with Gasteiger partial charge in [-0.1, -0.05) is 18.9 Å². The monoisotopic (exact) mass is 206 g/mol. The van der Waals surface area contributed by atoms with Crippen molar-refractivity contribution >= 4 is 0 Å². The molecule has 1 heterocycles. The van der Waals surface area contributed by atoms with Crippen LogP contribution < -0.4 is 10.5 Å². The Kier molecular flexibility index (Phi) is 3.21. The second-order valence-electron chi connectivity index (χ2n) is 4.27. The molecule has 0 saturated heterocycles. The van der Waals surface area contributed by atoms with Crippen LogP contribution in [-0.4, -0.2) is 11.6 Å². The molecule has 3 nitrogen and oxygen atoms in total. The molecule has 0 aromatic carbocycles. The highest BCUT2D eigenvalue weighted by molar-refractivity contribution is 5.28. The van der Waals surface area contributed by atoms with Crippen LogP contribution in [0.5, 0.6) is 5.88 Å². The quantitative estimate of drug-likeness (QED) is 0.804. The Morgan fingerprint density at radius 1 is 1.60 bits per heavy atom. The molecule has 15 heavy (non-hydrogen) atoms. The molecule has 0 radical (unpaired) electrons. The van der Waals surface area contributed by atoms with Gasteiger partial charge in [0.1, 0.15) is 0 Å². The van der Waals surface area contributed by atoms with Crippen molar-refractivity contribution in [1.29, 1.82) is 0 Å². The maximum Gasteiger partial charge on any atom is 0.218 e. The molecule has 1 aromatic rings. The molecule has 0 bridgehead atoms. The van der Waals surface area contributed by atoms with Crippen molar-refractivity contribution in [2.45, 2.75) is 32.2 Å². The topological polar surface area (TPSA) is 48.1 Å². The van der Waals surface area contributed by atoms with E-state index in [1.807, 2.05) is 19.1 Å². The largest absolute Gasteiger partial charge is 0.477 e. The fourth-order valence-electron chi connectivity index (χ4n) is 1.60. The minimum atomic E-state index is -0.0189. The van der Waals surface area contributed by atoms with Crippen molar-refractivity contribution in [3.8, 4) is 5.88 Å². The van der Waals surface area contributed by atoms with Crippen molar-refractivity contribution in [2.24, 2.45) is 11.7 Å². The van der Waals surface area contributed by atoms with Gasteiger partial charge in [-0.05, 0) is 25.3 Å². The van der Waals surface area contributed by atoms with Crippen LogP contribution in [0.2, 0.25) is 0 Å². The second kappa shape index (κ2) is 4.62. The van der Waals surface area contributed by atoms with Crippen LogP contribution in [0.4, 0.5) is 0 Å². The van der Waals surface area contributed by atoms with E-state index in [0.717, 1.165) is 24.5 Å². The first-order chi connectivity index (χ1) is 7.27. The van der Waals surface area contributed by atoms with Gasteiger partial charge in [-0.25, -0.2) is 4.98 Å². The molecule has 3 heteroatoms. The first kappa shape index (κ1) is 10.4. The van der Waals surface area contributed by atoms with Gasteiger partial charge < -0.3 is 10.5 Å². The lowest BCUT2D eigenvalue weighted by molar-refractivity contribution is 0.287. The van der Waals surface area contributed by atoms with E-state index in [0.29, 0.717) is 5.88 Å². The Morgan fingerprint density at radius 2 is 2.40 bits per heavy atom. The third kappa shape index (κ3) is 2.93. The summed E-state index contributed by atoms with van der Waals surface area (Å²) in [5.41, 5.74) is 6.83. The fourth-order valence-corrected chi connectivity index (χ4v) is 1.60. The van der Waals surface area contributed by atoms with Crippen LogP contribution in [0, 0.1) is 5.92 Å². The molecular weight excluding hydrogens is 188 g/mol. The molecule has 2 rings (SSSR count). The highest BCUT2D eigenvalue weighted by Crippen LogP contribution is 2.32. The number of pyridine rings is 1. The molecule has 0 spiro atoms. The third-order valence-corrected chi connectivity index (χ3v) is 2.75. The summed E-state index contributed by atoms with van der Waals surface area (Å²) in [7, 11) is 0. The van der Waals surface area contributed by atoms with Gasteiger partial charge in [-0.2, -0.15) is 0 Å². The van der Waals surface area contributed by atoms with Crippen LogP contribution in [0.25, 0.3) is 0 Å². The van der Waals surface area contributed by atoms with E-state index < -0.39 is 0 Å². The molecule has 1 fully saturated rings. The lowest BCUT2D eigenvalue weighted by atomic mass is 10.1. The number of ether oxygens (including phenoxy) is 1. The highest BCUT2D eigenvalue weighted by atomic mass is 16.5. The average molecular weight is 206 g/mol. The SMILES string of the molecule is CC(N)c1cccnc1OCCC1CC1. The van der Waals surface area contributed by atoms with E-state index in [-0.39, 0.29) is 6.04 Å². The average Bonchev–Trinajstić information content (AvgIpc) is 3.02. The van der Waals surface area contributed by atoms with E-state index in [1.165, 1.54) is 12.8 Å². The van der Waals surface area contributed by atoms with Crippen LogP contribution in [0.3, 0.4) is 0 Å². The molecule has 1 aliphatic carbocycles. The van der Waals surface area contributed by atoms with Gasteiger partial charge >= 0.3 is 0 Å². The van der Waals surface area contributed by atoms with Crippen molar-refractivity contribution < 1.29 is 4.74 Å². The molecule has 0 amide bonds. The number of aromatic nitrogens is 1. The first-order valence-electron chi connectivity index (χ1n) is 5.60. The molecule has 1 atom stereocenters. The summed E-state index contributed by atoms with van der Waals surface area (Å²) >= 11 is 0. The van der Waals surface area contributed by atoms with E-state index in [9.17, 15) is 0 Å². The van der Waals surface area contributed by atoms with Gasteiger partial charge in [0.15, 0.2) is 0 Å². The predicted molar refractivity (Wildman–Crippen MR) is 59.7 cm³/mol. The van der Waals surface area contributed by atoms with Crippen LogP contribution in [0.15, 0.2) is 18.3 Å². The summed E-state index contributed by atoms with van der Waals surface area (Å²) < 4.78 is 5.66. The summed E-state index contributed by atoms with van der Waals surface area (Å²) in [5, 5.41) is 0. The highest BCUT2D eigenvalue weighted by Gasteiger charge is 2.21. The summed E-state index contributed by atoms with van der Waals surface area (Å²) in [5.74, 6) is 1.60. The predicted octanol–water partition coefficient (Wildman–Crippen LogP) is 2.28. The Balaban J connectivity index is 1.92. The standard InChI is InChI=1S/C12H18N2O/c1-9(13)11-3-2-7-14-12(11)15-8-6-10-4-5-10/h2-3,7,9-10H,4-6,8,13H2,1H3. The zero-order chi connectivity index (χ0) is 10.7. The number of nitrogens with zero attached hydrogens (tertiary/aromatic N) is 1. The summed E-state index contributed by atoms with van der Waals surface area (Å²) in [6.45, 7) is 2.71. The van der Waals surface area contributed by atoms with E-state index in [1.54, 1.807) is 6.20 Å². The van der Waals surface area contributed by atoms with Crippen LogP contribution >= 0.6 is 0 Å². The molecule has 1 aromatic heterocycles. The Morgan fingerprint density at radius 3 is 3.07 bits per heavy atom. The lowest BCUT2D eigenvalue weighted by Crippen LogP contribution is -2.10. The zero-order valence-electron chi connectivity index (χ0n) is 9.15. The van der Waals surface area contributed by atoms with Gasteiger partial charge in [0.2, 0.25) is 5.88 Å². The molecule has 1 saturated carbocycles. The first-order valence-corrected chi connectivity index (χ1v) is 5.60. The molecule has 0 aliphatic heterocycles. The lowest BCUT2D eigenvalue weighted by Gasteiger charge is -2.12. The fraction of sp³-hybridized carbons (Fsp3) is 0.583. The summed E-state index contributed by atoms with van der Waals surface area (Å²) in [6.07, 6.45) is 5.63. The van der Waals surface area contributed by atoms with Gasteiger partial charge in [0, 0.05) is 17.8 Å². The molecule has 2 N–H and O–H groups in total. The van der Waals surface area contributed by atoms with E-state index in [2.05, 4.69) is 4.98 Å². The molecule has 1 unspecified atom stereocenters. The van der Waals surface area contributed by atoms with Crippen LogP contribution in [0.1, 0.15) is 37.8 Å². The van der Waals surface area contributed by atoms with Gasteiger partial charge in [0.25, 0.3) is 0 Å². The minimum Gasteiger partial charge on any atom is -0.477 e. The van der Waals surface area contributed by atoms with Crippen LogP contribution in [-0.2, 0) is 0 Å². The van der Waals surface area contributed by atoms with E-state index >= 15 is 0 Å². The number of rotatable bonds is 5. The van der Waals surface area contributed by atoms with Gasteiger partial charge in [-0.15, -0.1) is 0 Å². The molecule has 82 valence electrons. The van der Waals surface area contributed by atoms with Crippen molar-refractivity contribution in [3.05, 3.63) is 23.9 Å². The van der Waals surface area contributed by atoms with Crippen molar-refractivity contribution in [1.82, 2.24) is 4.98 Å². The second-order valence-corrected chi connectivity index (χ2v) is 4.27. The Bertz CT molecular complexity index is 321. The molecular formula is C12H18N2O. The smallest absolute Gasteiger partial charge is 0.218 e. The Hall–Kier alpha value is -1.09. The normalized spacial score (nSPS) is 17.5. The van der Waals surface area contributed by atoms with Crippen molar-refractivity contribution in [3.63, 3.8) is 0 Å². The molecule has 1 aliphatic rings. The van der Waals surface area contributed by atoms with Gasteiger partial charge in [0.05, 0.1) is 6.61 Å². The number of hydrogen-bond donors (Lipinski definition) is 1. The maximum atomic E-state index is 5.84.